The highest BCUT2D eigenvalue weighted by Crippen LogP contribution is 2.54. The normalized spacial score (nSPS) is 18.1. The van der Waals surface area contributed by atoms with E-state index >= 15 is 0 Å². The van der Waals surface area contributed by atoms with Crippen molar-refractivity contribution in [3.05, 3.63) is 160 Å². The third-order valence-electron chi connectivity index (χ3n) is 11.5. The zero-order valence-corrected chi connectivity index (χ0v) is 31.8. The number of hydrogen-bond donors (Lipinski definition) is 0. The number of hydrogen-bond acceptors (Lipinski definition) is 2. The number of benzene rings is 6. The van der Waals surface area contributed by atoms with Crippen LogP contribution in [0.1, 0.15) is 84.4 Å². The molecule has 1 saturated carbocycles. The van der Waals surface area contributed by atoms with Crippen LogP contribution in [0.2, 0.25) is 0 Å². The average Bonchev–Trinajstić information content (AvgIpc) is 3.53. The Morgan fingerprint density at radius 2 is 1.08 bits per heavy atom. The van der Waals surface area contributed by atoms with Crippen LogP contribution in [-0.4, -0.2) is 0 Å². The highest BCUT2D eigenvalue weighted by Gasteiger charge is 2.32. The molecule has 2 heteroatoms. The Morgan fingerprint density at radius 3 is 1.56 bits per heavy atom. The molecular weight excluding hydrogens is 629 g/mol. The molecule has 0 N–H and O–H groups in total. The first-order valence-corrected chi connectivity index (χ1v) is 19.4. The van der Waals surface area contributed by atoms with Gasteiger partial charge >= 0.3 is 0 Å². The van der Waals surface area contributed by atoms with Crippen molar-refractivity contribution in [2.45, 2.75) is 79.6 Å². The molecular formula is C50H52N2. The van der Waals surface area contributed by atoms with E-state index in [0.717, 1.165) is 24.7 Å². The highest BCUT2D eigenvalue weighted by atomic mass is 15.2. The first-order chi connectivity index (χ1) is 25.2. The fourth-order valence-corrected chi connectivity index (χ4v) is 9.05. The zero-order chi connectivity index (χ0) is 35.9. The average molecular weight is 681 g/mol. The van der Waals surface area contributed by atoms with Crippen molar-refractivity contribution in [1.82, 2.24) is 0 Å². The minimum absolute atomic E-state index is 0.325. The second kappa shape index (κ2) is 14.2. The minimum atomic E-state index is 0.325. The molecule has 0 saturated heterocycles. The molecule has 2 nitrogen and oxygen atoms in total. The molecule has 1 fully saturated rings. The molecule has 0 heterocycles. The van der Waals surface area contributed by atoms with Crippen molar-refractivity contribution in [2.24, 2.45) is 11.8 Å². The molecule has 0 bridgehead atoms. The van der Waals surface area contributed by atoms with Gasteiger partial charge in [0.05, 0.1) is 11.4 Å². The number of aryl methyl sites for hydroxylation is 4. The predicted octanol–water partition coefficient (Wildman–Crippen LogP) is 14.5. The van der Waals surface area contributed by atoms with Crippen molar-refractivity contribution in [3.63, 3.8) is 0 Å². The number of allylic oxidation sites excluding steroid dienone is 1. The van der Waals surface area contributed by atoms with Gasteiger partial charge in [-0.25, -0.2) is 0 Å². The molecule has 3 unspecified atom stereocenters. The van der Waals surface area contributed by atoms with E-state index in [2.05, 4.69) is 179 Å². The number of nitrogens with zero attached hydrogens (tertiary/aromatic N) is 2. The molecule has 3 atom stereocenters. The van der Waals surface area contributed by atoms with E-state index in [1.165, 1.54) is 103 Å². The van der Waals surface area contributed by atoms with Crippen LogP contribution in [0.4, 0.5) is 34.1 Å². The number of anilines is 6. The van der Waals surface area contributed by atoms with Crippen LogP contribution in [0, 0.1) is 39.5 Å². The van der Waals surface area contributed by atoms with Crippen molar-refractivity contribution in [3.8, 4) is 0 Å². The Bertz CT molecular complexity index is 2200. The van der Waals surface area contributed by atoms with Crippen LogP contribution in [0.3, 0.4) is 0 Å². The van der Waals surface area contributed by atoms with Crippen LogP contribution in [-0.2, 0) is 6.42 Å². The van der Waals surface area contributed by atoms with Crippen molar-refractivity contribution in [2.75, 3.05) is 9.80 Å². The van der Waals surface area contributed by atoms with Crippen LogP contribution in [0.25, 0.3) is 16.8 Å². The van der Waals surface area contributed by atoms with Gasteiger partial charge in [-0.15, -0.1) is 0 Å². The molecule has 6 aromatic rings. The maximum atomic E-state index is 2.58. The topological polar surface area (TPSA) is 6.48 Å². The molecule has 0 aliphatic heterocycles. The SMILES string of the molecule is Cc1cccc(N(c2cccc(C)c2)c2c3c(c(N(c4cccc(C)c4)c4cccc(C)c4)c4cc(CC5CCC(C)C5)ccc24)C(C)CC=C3)c1. The molecule has 0 radical (unpaired) electrons. The summed E-state index contributed by atoms with van der Waals surface area (Å²) in [6, 6.07) is 43.6. The van der Waals surface area contributed by atoms with Gasteiger partial charge < -0.3 is 9.80 Å². The van der Waals surface area contributed by atoms with Gasteiger partial charge in [0.1, 0.15) is 0 Å². The summed E-state index contributed by atoms with van der Waals surface area (Å²) in [6.07, 6.45) is 11.0. The summed E-state index contributed by atoms with van der Waals surface area (Å²) >= 11 is 0. The van der Waals surface area contributed by atoms with Crippen LogP contribution < -0.4 is 9.80 Å². The Balaban J connectivity index is 1.50. The molecule has 262 valence electrons. The van der Waals surface area contributed by atoms with E-state index < -0.39 is 0 Å². The Kier molecular flexibility index (Phi) is 9.26. The van der Waals surface area contributed by atoms with Gasteiger partial charge in [0.25, 0.3) is 0 Å². The van der Waals surface area contributed by atoms with Gasteiger partial charge in [-0.2, -0.15) is 0 Å². The van der Waals surface area contributed by atoms with Crippen LogP contribution in [0.5, 0.6) is 0 Å². The largest absolute Gasteiger partial charge is 0.310 e. The summed E-state index contributed by atoms with van der Waals surface area (Å²) in [6.45, 7) is 13.7. The van der Waals surface area contributed by atoms with Crippen molar-refractivity contribution in [1.29, 1.82) is 0 Å². The Labute approximate surface area is 311 Å². The maximum Gasteiger partial charge on any atom is 0.0616 e. The summed E-state index contributed by atoms with van der Waals surface area (Å²) < 4.78 is 0. The molecule has 0 amide bonds. The maximum absolute atomic E-state index is 2.58. The molecule has 0 aromatic heterocycles. The molecule has 2 aliphatic carbocycles. The summed E-state index contributed by atoms with van der Waals surface area (Å²) in [5.41, 5.74) is 16.6. The fraction of sp³-hybridized carbons (Fsp3) is 0.280. The first-order valence-electron chi connectivity index (χ1n) is 19.4. The number of rotatable bonds is 8. The predicted molar refractivity (Wildman–Crippen MR) is 225 cm³/mol. The molecule has 2 aliphatic rings. The molecule has 8 rings (SSSR count). The number of fused-ring (bicyclic) bond motifs is 2. The Hall–Kier alpha value is -5.08. The lowest BCUT2D eigenvalue weighted by Crippen LogP contribution is -2.20. The highest BCUT2D eigenvalue weighted by molar-refractivity contribution is 6.12. The summed E-state index contributed by atoms with van der Waals surface area (Å²) in [4.78, 5) is 5.11. The van der Waals surface area contributed by atoms with E-state index in [1.54, 1.807) is 0 Å². The standard InChI is InChI=1S/C50H52N2/c1-33-12-7-17-41(27-33)51(42-18-8-13-34(2)28-42)49-45-25-24-40(31-39-23-22-37(5)26-39)32-47(45)50(48-38(6)16-11-21-46(48)49)52(43-19-9-14-35(3)29-43)44-20-10-15-36(4)30-44/h7-15,17-21,24-25,27-30,32,37-39H,16,22-23,26,31H2,1-6H3. The van der Waals surface area contributed by atoms with E-state index in [9.17, 15) is 0 Å². The van der Waals surface area contributed by atoms with Gasteiger partial charge in [0, 0.05) is 39.1 Å². The second-order valence-corrected chi connectivity index (χ2v) is 16.0. The first kappa shape index (κ1) is 34.0. The van der Waals surface area contributed by atoms with Gasteiger partial charge in [-0.3, -0.25) is 0 Å². The zero-order valence-electron chi connectivity index (χ0n) is 31.8. The van der Waals surface area contributed by atoms with Gasteiger partial charge in [-0.05, 0) is 159 Å². The molecule has 6 aromatic carbocycles. The lowest BCUT2D eigenvalue weighted by Gasteiger charge is -2.37. The van der Waals surface area contributed by atoms with E-state index in [1.807, 2.05) is 0 Å². The van der Waals surface area contributed by atoms with Gasteiger partial charge in [0.15, 0.2) is 0 Å². The van der Waals surface area contributed by atoms with Crippen LogP contribution in [0.15, 0.2) is 121 Å². The quantitative estimate of drug-likeness (QED) is 0.148. The summed E-state index contributed by atoms with van der Waals surface area (Å²) in [7, 11) is 0. The van der Waals surface area contributed by atoms with E-state index in [-0.39, 0.29) is 0 Å². The van der Waals surface area contributed by atoms with E-state index in [0.29, 0.717) is 5.92 Å². The third-order valence-corrected chi connectivity index (χ3v) is 11.5. The smallest absolute Gasteiger partial charge is 0.0616 e. The lowest BCUT2D eigenvalue weighted by molar-refractivity contribution is 0.513. The van der Waals surface area contributed by atoms with E-state index in [4.69, 9.17) is 0 Å². The van der Waals surface area contributed by atoms with Crippen LogP contribution >= 0.6 is 0 Å². The Morgan fingerprint density at radius 1 is 0.558 bits per heavy atom. The summed E-state index contributed by atoms with van der Waals surface area (Å²) in [5.74, 6) is 1.89. The van der Waals surface area contributed by atoms with Crippen molar-refractivity contribution >= 4 is 51.0 Å². The second-order valence-electron chi connectivity index (χ2n) is 16.0. The lowest BCUT2D eigenvalue weighted by atomic mass is 9.81. The van der Waals surface area contributed by atoms with Gasteiger partial charge in [0.2, 0.25) is 0 Å². The molecule has 52 heavy (non-hydrogen) atoms. The van der Waals surface area contributed by atoms with Crippen molar-refractivity contribution < 1.29 is 0 Å². The summed E-state index contributed by atoms with van der Waals surface area (Å²) in [5, 5.41) is 2.61. The molecule has 0 spiro atoms. The minimum Gasteiger partial charge on any atom is -0.310 e. The fourth-order valence-electron chi connectivity index (χ4n) is 9.05. The third kappa shape index (κ3) is 6.56. The van der Waals surface area contributed by atoms with Gasteiger partial charge in [-0.1, -0.05) is 93.1 Å². The monoisotopic (exact) mass is 680 g/mol.